The Labute approximate surface area is 339 Å². The average molecular weight is 810 g/mol. The quantitative estimate of drug-likeness (QED) is 0.115. The molecular weight excluding hydrogens is 761 g/mol. The molecule has 2 N–H and O–H groups in total. The number of imide groups is 1. The predicted molar refractivity (Wildman–Crippen MR) is 216 cm³/mol. The number of imidazole rings is 1. The van der Waals surface area contributed by atoms with Crippen molar-refractivity contribution < 1.29 is 28.0 Å². The second-order valence-electron chi connectivity index (χ2n) is 16.1. The molecule has 0 bridgehead atoms. The first kappa shape index (κ1) is 40.0. The number of anilines is 1. The van der Waals surface area contributed by atoms with Gasteiger partial charge >= 0.3 is 5.69 Å². The summed E-state index contributed by atoms with van der Waals surface area (Å²) in [7, 11) is 1.70. The van der Waals surface area contributed by atoms with Crippen LogP contribution in [0.2, 0.25) is 0 Å². The van der Waals surface area contributed by atoms with Gasteiger partial charge in [-0.15, -0.1) is 0 Å². The Kier molecular flexibility index (Phi) is 11.7. The molecule has 3 aliphatic rings. The molecule has 3 fully saturated rings. The standard InChI is InChI=1S/C43H49F2N9O5/c1-50-37-23-28(9-12-35(37)54(43(50)59)36-13-14-39(56)49-42(36)58)27-15-20-51(21-16-27)26-30(55)7-4-2-3-5-18-46-41(57)32-25-47-53-22-17-38(48-40(32)53)52-19-6-8-34(52)31-24-29(44)10-11-33(31)45/h9-12,17,22-25,27,34,36H,2-8,13-16,18-21,26H2,1H3,(H,46,57)(H,49,56,58)/t34-,36?/m1/s1. The van der Waals surface area contributed by atoms with Crippen LogP contribution >= 0.6 is 0 Å². The molecule has 3 amide bonds. The molecule has 3 aliphatic heterocycles. The molecule has 0 spiro atoms. The third-order valence-corrected chi connectivity index (χ3v) is 12.2. The van der Waals surface area contributed by atoms with E-state index in [0.717, 1.165) is 81.2 Å². The summed E-state index contributed by atoms with van der Waals surface area (Å²) >= 11 is 0. The molecule has 0 saturated carbocycles. The fraction of sp³-hybridized carbons (Fsp3) is 0.465. The van der Waals surface area contributed by atoms with Gasteiger partial charge in [0.25, 0.3) is 5.91 Å². The number of aryl methyl sites for hydroxylation is 1. The molecule has 5 aromatic rings. The molecule has 2 aromatic carbocycles. The molecule has 14 nitrogen and oxygen atoms in total. The van der Waals surface area contributed by atoms with Gasteiger partial charge < -0.3 is 10.2 Å². The number of hydrogen-bond acceptors (Lipinski definition) is 9. The minimum Gasteiger partial charge on any atom is -0.352 e. The van der Waals surface area contributed by atoms with Gasteiger partial charge in [0.05, 0.1) is 29.8 Å². The predicted octanol–water partition coefficient (Wildman–Crippen LogP) is 5.11. The van der Waals surface area contributed by atoms with Crippen molar-refractivity contribution >= 4 is 46.0 Å². The molecule has 310 valence electrons. The van der Waals surface area contributed by atoms with E-state index in [9.17, 15) is 32.8 Å². The van der Waals surface area contributed by atoms with Crippen LogP contribution in [0.15, 0.2) is 59.7 Å². The lowest BCUT2D eigenvalue weighted by atomic mass is 9.89. The Hall–Kier alpha value is -5.77. The first-order chi connectivity index (χ1) is 28.5. The molecule has 59 heavy (non-hydrogen) atoms. The van der Waals surface area contributed by atoms with E-state index in [4.69, 9.17) is 4.98 Å². The number of Topliss-reactive ketones (excluding diaryl/α,β-unsaturated/α-hetero) is 1. The second-order valence-corrected chi connectivity index (χ2v) is 16.1. The van der Waals surface area contributed by atoms with Crippen LogP contribution in [0.1, 0.15) is 110 Å². The van der Waals surface area contributed by atoms with Crippen molar-refractivity contribution in [3.63, 3.8) is 0 Å². The van der Waals surface area contributed by atoms with Gasteiger partial charge in [0.2, 0.25) is 11.8 Å². The van der Waals surface area contributed by atoms with Crippen molar-refractivity contribution in [3.05, 3.63) is 93.7 Å². The summed E-state index contributed by atoms with van der Waals surface area (Å²) < 4.78 is 33.2. The fourth-order valence-corrected chi connectivity index (χ4v) is 9.03. The summed E-state index contributed by atoms with van der Waals surface area (Å²) in [6, 6.07) is 10.2. The maximum Gasteiger partial charge on any atom is 0.329 e. The van der Waals surface area contributed by atoms with Crippen LogP contribution in [0.5, 0.6) is 0 Å². The van der Waals surface area contributed by atoms with Gasteiger partial charge in [-0.05, 0) is 106 Å². The first-order valence-electron chi connectivity index (χ1n) is 20.7. The fourth-order valence-electron chi connectivity index (χ4n) is 9.03. The maximum atomic E-state index is 14.7. The highest BCUT2D eigenvalue weighted by molar-refractivity contribution is 6.00. The highest BCUT2D eigenvalue weighted by atomic mass is 19.1. The summed E-state index contributed by atoms with van der Waals surface area (Å²) in [5, 5.41) is 9.60. The van der Waals surface area contributed by atoms with E-state index < -0.39 is 23.6 Å². The van der Waals surface area contributed by atoms with E-state index in [0.29, 0.717) is 72.9 Å². The largest absolute Gasteiger partial charge is 0.352 e. The van der Waals surface area contributed by atoms with Crippen LogP contribution in [0, 0.1) is 11.6 Å². The molecular formula is C43H49F2N9O5. The zero-order valence-electron chi connectivity index (χ0n) is 33.2. The van der Waals surface area contributed by atoms with Gasteiger partial charge in [-0.1, -0.05) is 18.9 Å². The first-order valence-corrected chi connectivity index (χ1v) is 20.7. The number of rotatable bonds is 14. The Balaban J connectivity index is 0.751. The summed E-state index contributed by atoms with van der Waals surface area (Å²) in [5.74, 6) is -0.903. The Bertz CT molecular complexity index is 2470. The summed E-state index contributed by atoms with van der Waals surface area (Å²) in [4.78, 5) is 72.3. The van der Waals surface area contributed by atoms with E-state index in [1.54, 1.807) is 23.9 Å². The van der Waals surface area contributed by atoms with Gasteiger partial charge in [0.15, 0.2) is 5.65 Å². The van der Waals surface area contributed by atoms with E-state index in [1.807, 2.05) is 23.1 Å². The average Bonchev–Trinajstić information content (AvgIpc) is 3.95. The molecule has 2 atom stereocenters. The summed E-state index contributed by atoms with van der Waals surface area (Å²) in [6.07, 6.45) is 10.8. The second kappa shape index (κ2) is 17.2. The number of carbonyl (C=O) groups is 4. The molecule has 16 heteroatoms. The number of nitrogens with zero attached hydrogens (tertiary/aromatic N) is 7. The topological polar surface area (TPSA) is 156 Å². The van der Waals surface area contributed by atoms with Gasteiger partial charge in [-0.3, -0.25) is 38.5 Å². The van der Waals surface area contributed by atoms with Crippen LogP contribution in [0.3, 0.4) is 0 Å². The number of amides is 3. The number of aromatic nitrogens is 5. The summed E-state index contributed by atoms with van der Waals surface area (Å²) in [5.41, 5.74) is 3.31. The summed E-state index contributed by atoms with van der Waals surface area (Å²) in [6.45, 7) is 3.15. The number of likely N-dealkylation sites (tertiary alicyclic amines) is 1. The van der Waals surface area contributed by atoms with Crippen LogP contribution in [-0.4, -0.2) is 84.9 Å². The lowest BCUT2D eigenvalue weighted by molar-refractivity contribution is -0.135. The van der Waals surface area contributed by atoms with E-state index in [2.05, 4.69) is 20.6 Å². The van der Waals surface area contributed by atoms with Crippen LogP contribution < -0.4 is 21.2 Å². The number of carbonyl (C=O) groups excluding carboxylic acids is 4. The highest BCUT2D eigenvalue weighted by Gasteiger charge is 2.33. The number of fused-ring (bicyclic) bond motifs is 2. The number of ketones is 1. The van der Waals surface area contributed by atoms with Gasteiger partial charge in [-0.25, -0.2) is 23.1 Å². The molecule has 8 rings (SSSR count). The van der Waals surface area contributed by atoms with Gasteiger partial charge in [0, 0.05) is 44.7 Å². The lowest BCUT2D eigenvalue weighted by Crippen LogP contribution is -2.44. The number of hydrogen-bond donors (Lipinski definition) is 2. The third-order valence-electron chi connectivity index (χ3n) is 12.2. The normalized spacial score (nSPS) is 19.2. The Morgan fingerprint density at radius 1 is 0.898 bits per heavy atom. The SMILES string of the molecule is Cn1c(=O)n(C2CCC(=O)NC2=O)c2ccc(C3CCN(CC(=O)CCCCCCNC(=O)c4cnn5ccc(N6CCC[C@@H]6c6cc(F)ccc6F)nc45)CC3)cc21. The monoisotopic (exact) mass is 809 g/mol. The maximum absolute atomic E-state index is 14.7. The third kappa shape index (κ3) is 8.40. The van der Waals surface area contributed by atoms with Crippen molar-refractivity contribution in [3.8, 4) is 0 Å². The minimum atomic E-state index is -0.714. The smallest absolute Gasteiger partial charge is 0.329 e. The molecule has 0 aliphatic carbocycles. The van der Waals surface area contributed by atoms with Crippen LogP contribution in [-0.2, 0) is 21.4 Å². The molecule has 0 radical (unpaired) electrons. The minimum absolute atomic E-state index is 0.197. The highest BCUT2D eigenvalue weighted by Crippen LogP contribution is 2.37. The Morgan fingerprint density at radius 2 is 1.71 bits per heavy atom. The van der Waals surface area contributed by atoms with Gasteiger partial charge in [-0.2, -0.15) is 5.10 Å². The lowest BCUT2D eigenvalue weighted by Gasteiger charge is -2.31. The van der Waals surface area contributed by atoms with E-state index >= 15 is 0 Å². The van der Waals surface area contributed by atoms with Gasteiger partial charge in [0.1, 0.15) is 34.8 Å². The van der Waals surface area contributed by atoms with E-state index in [-0.39, 0.29) is 35.8 Å². The zero-order chi connectivity index (χ0) is 41.2. The van der Waals surface area contributed by atoms with Crippen molar-refractivity contribution in [2.45, 2.75) is 88.6 Å². The van der Waals surface area contributed by atoms with Crippen LogP contribution in [0.25, 0.3) is 16.7 Å². The number of piperidine rings is 2. The van der Waals surface area contributed by atoms with E-state index in [1.165, 1.54) is 21.3 Å². The molecule has 1 unspecified atom stereocenters. The molecule has 6 heterocycles. The number of benzene rings is 2. The van der Waals surface area contributed by atoms with Crippen molar-refractivity contribution in [1.29, 1.82) is 0 Å². The number of halogens is 2. The molecule has 3 aromatic heterocycles. The Morgan fingerprint density at radius 3 is 2.53 bits per heavy atom. The number of nitrogens with one attached hydrogen (secondary N) is 2. The van der Waals surface area contributed by atoms with Crippen molar-refractivity contribution in [2.75, 3.05) is 37.6 Å². The van der Waals surface area contributed by atoms with Crippen molar-refractivity contribution in [1.82, 2.24) is 39.3 Å². The van der Waals surface area contributed by atoms with Crippen LogP contribution in [0.4, 0.5) is 14.6 Å². The zero-order valence-corrected chi connectivity index (χ0v) is 33.2. The molecule has 3 saturated heterocycles. The van der Waals surface area contributed by atoms with Crippen molar-refractivity contribution in [2.24, 2.45) is 7.05 Å². The number of unbranched alkanes of at least 4 members (excludes halogenated alkanes) is 3.